The zero-order valence-corrected chi connectivity index (χ0v) is 20.9. The third kappa shape index (κ3) is 6.03. The number of hydrogen-bond acceptors (Lipinski definition) is 3. The van der Waals surface area contributed by atoms with Crippen LogP contribution in [-0.4, -0.2) is 29.7 Å². The van der Waals surface area contributed by atoms with Gasteiger partial charge in [0.2, 0.25) is 0 Å². The highest BCUT2D eigenvalue weighted by Gasteiger charge is 2.25. The Balaban J connectivity index is 0.00000289. The van der Waals surface area contributed by atoms with Crippen LogP contribution in [0.25, 0.3) is 11.0 Å². The fourth-order valence-electron chi connectivity index (χ4n) is 5.09. The van der Waals surface area contributed by atoms with E-state index in [1.807, 2.05) is 42.5 Å². The van der Waals surface area contributed by atoms with Crippen LogP contribution in [-0.2, 0) is 0 Å². The molecule has 0 aliphatic carbocycles. The summed E-state index contributed by atoms with van der Waals surface area (Å²) in [5.74, 6) is 0.0249. The van der Waals surface area contributed by atoms with Crippen LogP contribution in [0.4, 0.5) is 8.78 Å². The van der Waals surface area contributed by atoms with Gasteiger partial charge in [-0.1, -0.05) is 41.0 Å². The van der Waals surface area contributed by atoms with Gasteiger partial charge in [0, 0.05) is 28.3 Å². The van der Waals surface area contributed by atoms with Crippen LogP contribution in [0.15, 0.2) is 71.3 Å². The minimum absolute atomic E-state index is 0. The van der Waals surface area contributed by atoms with E-state index in [2.05, 4.69) is 10.1 Å². The summed E-state index contributed by atoms with van der Waals surface area (Å²) >= 11 is 6.07. The maximum Gasteiger partial charge on any atom is 0.168 e. The van der Waals surface area contributed by atoms with Crippen molar-refractivity contribution in [2.75, 3.05) is 19.6 Å². The molecule has 7 heteroatoms. The lowest BCUT2D eigenvalue weighted by Gasteiger charge is -2.31. The first-order chi connectivity index (χ1) is 16.6. The molecule has 0 saturated carbocycles. The summed E-state index contributed by atoms with van der Waals surface area (Å²) in [5, 5.41) is 6.06. The zero-order valence-electron chi connectivity index (χ0n) is 19.3. The van der Waals surface area contributed by atoms with E-state index in [1.165, 1.54) is 24.3 Å². The van der Waals surface area contributed by atoms with Crippen molar-refractivity contribution >= 4 is 35.0 Å². The fraction of sp³-hybridized carbons (Fsp3) is 0.321. The zero-order chi connectivity index (χ0) is 23.5. The molecule has 35 heavy (non-hydrogen) atoms. The fourth-order valence-corrected chi connectivity index (χ4v) is 5.25. The van der Waals surface area contributed by atoms with Crippen molar-refractivity contribution < 1.29 is 13.3 Å². The molecule has 0 atom stereocenters. The number of hydrogen-bond donors (Lipinski definition) is 0. The number of nitrogens with zero attached hydrogens (tertiary/aromatic N) is 2. The first-order valence-electron chi connectivity index (χ1n) is 11.8. The second-order valence-corrected chi connectivity index (χ2v) is 9.56. The number of halogens is 4. The maximum atomic E-state index is 13.5. The number of piperidine rings is 1. The Morgan fingerprint density at radius 1 is 0.914 bits per heavy atom. The van der Waals surface area contributed by atoms with Crippen LogP contribution in [0.2, 0.25) is 5.02 Å². The molecule has 3 aromatic carbocycles. The molecule has 1 aliphatic heterocycles. The molecule has 184 valence electrons. The Kier molecular flexibility index (Phi) is 8.42. The normalized spacial score (nSPS) is 15.0. The van der Waals surface area contributed by atoms with E-state index in [0.29, 0.717) is 10.9 Å². The highest BCUT2D eigenvalue weighted by atomic mass is 35.5. The summed E-state index contributed by atoms with van der Waals surface area (Å²) in [6, 6.07) is 19.1. The smallest absolute Gasteiger partial charge is 0.168 e. The molecule has 0 amide bonds. The minimum Gasteiger partial charge on any atom is -0.356 e. The van der Waals surface area contributed by atoms with E-state index in [4.69, 9.17) is 16.1 Å². The third-order valence-corrected chi connectivity index (χ3v) is 7.18. The van der Waals surface area contributed by atoms with Crippen molar-refractivity contribution in [3.8, 4) is 0 Å². The number of likely N-dealkylation sites (tertiary alicyclic amines) is 1. The first-order valence-corrected chi connectivity index (χ1v) is 12.2. The summed E-state index contributed by atoms with van der Waals surface area (Å²) in [6.45, 7) is 3.04. The van der Waals surface area contributed by atoms with Gasteiger partial charge >= 0.3 is 0 Å². The van der Waals surface area contributed by atoms with Crippen LogP contribution in [0, 0.1) is 11.6 Å². The van der Waals surface area contributed by atoms with Crippen molar-refractivity contribution in [1.82, 2.24) is 10.1 Å². The van der Waals surface area contributed by atoms with E-state index < -0.39 is 0 Å². The highest BCUT2D eigenvalue weighted by Crippen LogP contribution is 2.34. The van der Waals surface area contributed by atoms with Gasteiger partial charge in [0.05, 0.1) is 5.69 Å². The number of fused-ring (bicyclic) bond motifs is 1. The van der Waals surface area contributed by atoms with Gasteiger partial charge in [-0.3, -0.25) is 0 Å². The number of rotatable bonds is 7. The lowest BCUT2D eigenvalue weighted by atomic mass is 9.87. The van der Waals surface area contributed by atoms with Crippen molar-refractivity contribution in [2.24, 2.45) is 0 Å². The molecule has 0 unspecified atom stereocenters. The standard InChI is InChI=1S/C28H27ClF2N2O.ClH/c29-22-7-12-26-27(18-22)34-32-28(26)21-13-16-33(17-14-21)15-1-2-25(19-3-8-23(30)9-4-19)20-5-10-24(31)11-6-20;/h3-12,18,21,25H,1-2,13-17H2;1H. The minimum atomic E-state index is -0.243. The molecule has 3 nitrogen and oxygen atoms in total. The molecular formula is C28H28Cl2F2N2O. The predicted octanol–water partition coefficient (Wildman–Crippen LogP) is 7.97. The van der Waals surface area contributed by atoms with Gasteiger partial charge in [0.1, 0.15) is 11.6 Å². The highest BCUT2D eigenvalue weighted by molar-refractivity contribution is 6.31. The van der Waals surface area contributed by atoms with E-state index in [-0.39, 0.29) is 30.0 Å². The van der Waals surface area contributed by atoms with Gasteiger partial charge in [-0.15, -0.1) is 12.4 Å². The van der Waals surface area contributed by atoms with Gasteiger partial charge in [-0.05, 0) is 92.8 Å². The third-order valence-electron chi connectivity index (χ3n) is 6.95. The van der Waals surface area contributed by atoms with Crippen molar-refractivity contribution in [3.63, 3.8) is 0 Å². The lowest BCUT2D eigenvalue weighted by Crippen LogP contribution is -2.34. The van der Waals surface area contributed by atoms with Gasteiger partial charge in [0.15, 0.2) is 5.58 Å². The molecular weight excluding hydrogens is 489 g/mol. The van der Waals surface area contributed by atoms with Crippen molar-refractivity contribution in [2.45, 2.75) is 37.5 Å². The van der Waals surface area contributed by atoms with Crippen LogP contribution in [0.1, 0.15) is 54.3 Å². The Labute approximate surface area is 215 Å². The second-order valence-electron chi connectivity index (χ2n) is 9.12. The Hall–Kier alpha value is -2.47. The van der Waals surface area contributed by atoms with E-state index in [1.54, 1.807) is 0 Å². The van der Waals surface area contributed by atoms with Gasteiger partial charge in [0.25, 0.3) is 0 Å². The van der Waals surface area contributed by atoms with Crippen molar-refractivity contribution in [3.05, 3.63) is 100 Å². The molecule has 1 aliphatic rings. The van der Waals surface area contributed by atoms with Crippen LogP contribution in [0.3, 0.4) is 0 Å². The van der Waals surface area contributed by atoms with Gasteiger partial charge in [-0.25, -0.2) is 8.78 Å². The predicted molar refractivity (Wildman–Crippen MR) is 139 cm³/mol. The Morgan fingerprint density at radius 3 is 2.11 bits per heavy atom. The van der Waals surface area contributed by atoms with E-state index in [9.17, 15) is 8.78 Å². The molecule has 2 heterocycles. The SMILES string of the molecule is Cl.Fc1ccc(C(CCCN2CCC(c3noc4cc(Cl)ccc34)CC2)c2ccc(F)cc2)cc1. The van der Waals surface area contributed by atoms with Crippen LogP contribution in [0.5, 0.6) is 0 Å². The Morgan fingerprint density at radius 2 is 1.51 bits per heavy atom. The number of benzene rings is 3. The average Bonchev–Trinajstić information content (AvgIpc) is 3.27. The molecule has 1 saturated heterocycles. The molecule has 4 aromatic rings. The van der Waals surface area contributed by atoms with Gasteiger partial charge in [-0.2, -0.15) is 0 Å². The maximum absolute atomic E-state index is 13.5. The summed E-state index contributed by atoms with van der Waals surface area (Å²) in [6.07, 6.45) is 4.02. The summed E-state index contributed by atoms with van der Waals surface area (Å²) in [4.78, 5) is 2.50. The molecule has 5 rings (SSSR count). The van der Waals surface area contributed by atoms with Crippen LogP contribution < -0.4 is 0 Å². The number of aromatic nitrogens is 1. The van der Waals surface area contributed by atoms with E-state index in [0.717, 1.165) is 73.1 Å². The van der Waals surface area contributed by atoms with Gasteiger partial charge < -0.3 is 9.42 Å². The molecule has 0 N–H and O–H groups in total. The summed E-state index contributed by atoms with van der Waals surface area (Å²) in [7, 11) is 0. The Bertz CT molecular complexity index is 1190. The lowest BCUT2D eigenvalue weighted by molar-refractivity contribution is 0.205. The topological polar surface area (TPSA) is 29.3 Å². The summed E-state index contributed by atoms with van der Waals surface area (Å²) in [5.41, 5.74) is 3.91. The molecule has 1 fully saturated rings. The molecule has 0 bridgehead atoms. The van der Waals surface area contributed by atoms with E-state index >= 15 is 0 Å². The molecule has 1 aromatic heterocycles. The first kappa shape index (κ1) is 25.6. The van der Waals surface area contributed by atoms with Crippen molar-refractivity contribution in [1.29, 1.82) is 0 Å². The average molecular weight is 517 g/mol. The molecule has 0 spiro atoms. The van der Waals surface area contributed by atoms with Crippen LogP contribution >= 0.6 is 24.0 Å². The monoisotopic (exact) mass is 516 g/mol. The summed E-state index contributed by atoms with van der Waals surface area (Å²) < 4.78 is 32.4. The second kappa shape index (κ2) is 11.5. The quantitative estimate of drug-likeness (QED) is 0.249. The molecule has 0 radical (unpaired) electrons. The largest absolute Gasteiger partial charge is 0.356 e.